The van der Waals surface area contributed by atoms with Crippen LogP contribution in [0.1, 0.15) is 12.5 Å². The van der Waals surface area contributed by atoms with Crippen LogP contribution in [0.4, 0.5) is 11.4 Å². The number of sulfonamides is 1. The fourth-order valence-electron chi connectivity index (χ4n) is 2.94. The number of hydrogen-bond donors (Lipinski definition) is 2. The Morgan fingerprint density at radius 2 is 1.79 bits per heavy atom. The van der Waals surface area contributed by atoms with Gasteiger partial charge in [-0.25, -0.2) is 8.42 Å². The minimum atomic E-state index is -3.51. The molecule has 2 N–H and O–H groups in total. The molecule has 2 aromatic rings. The zero-order valence-electron chi connectivity index (χ0n) is 15.8. The number of morpholine rings is 1. The van der Waals surface area contributed by atoms with Crippen molar-refractivity contribution in [1.82, 2.24) is 4.31 Å². The molecule has 3 rings (SSSR count). The maximum absolute atomic E-state index is 12.6. The summed E-state index contributed by atoms with van der Waals surface area (Å²) in [6.07, 6.45) is 0.904. The molecule has 150 valence electrons. The van der Waals surface area contributed by atoms with Gasteiger partial charge >= 0.3 is 0 Å². The van der Waals surface area contributed by atoms with Crippen molar-refractivity contribution in [3.05, 3.63) is 54.1 Å². The Morgan fingerprint density at radius 3 is 2.46 bits per heavy atom. The fourth-order valence-corrected chi connectivity index (χ4v) is 4.35. The molecule has 1 saturated heterocycles. The van der Waals surface area contributed by atoms with E-state index in [0.717, 1.165) is 17.7 Å². The average molecular weight is 404 g/mol. The number of nitrogens with one attached hydrogen (secondary N) is 2. The largest absolute Gasteiger partial charge is 0.379 e. The van der Waals surface area contributed by atoms with Gasteiger partial charge < -0.3 is 15.4 Å². The van der Waals surface area contributed by atoms with E-state index in [1.807, 2.05) is 24.3 Å². The predicted octanol–water partition coefficient (Wildman–Crippen LogP) is 2.32. The van der Waals surface area contributed by atoms with Gasteiger partial charge in [-0.1, -0.05) is 19.1 Å². The summed E-state index contributed by atoms with van der Waals surface area (Å²) < 4.78 is 31.8. The normalized spacial score (nSPS) is 15.2. The Labute approximate surface area is 165 Å². The molecule has 0 aliphatic carbocycles. The van der Waals surface area contributed by atoms with Crippen LogP contribution < -0.4 is 10.6 Å². The first kappa shape index (κ1) is 20.3. The van der Waals surface area contributed by atoms with Crippen molar-refractivity contribution < 1.29 is 17.9 Å². The van der Waals surface area contributed by atoms with E-state index in [0.29, 0.717) is 32.0 Å². The number of carbonyl (C=O) groups excluding carboxylic acids is 1. The van der Waals surface area contributed by atoms with E-state index < -0.39 is 10.0 Å². The van der Waals surface area contributed by atoms with Crippen LogP contribution in [0.25, 0.3) is 0 Å². The second kappa shape index (κ2) is 9.18. The molecule has 0 unspecified atom stereocenters. The van der Waals surface area contributed by atoms with E-state index in [1.165, 1.54) is 4.31 Å². The van der Waals surface area contributed by atoms with Gasteiger partial charge in [-0.05, 0) is 48.4 Å². The van der Waals surface area contributed by atoms with Crippen molar-refractivity contribution in [2.45, 2.75) is 18.2 Å². The zero-order chi connectivity index (χ0) is 20.0. The number of hydrogen-bond acceptors (Lipinski definition) is 5. The van der Waals surface area contributed by atoms with Crippen LogP contribution >= 0.6 is 0 Å². The molecule has 8 heteroatoms. The lowest BCUT2D eigenvalue weighted by Gasteiger charge is -2.26. The number of rotatable bonds is 7. The van der Waals surface area contributed by atoms with Crippen LogP contribution in [0.3, 0.4) is 0 Å². The second-order valence-corrected chi connectivity index (χ2v) is 8.43. The molecule has 0 atom stereocenters. The van der Waals surface area contributed by atoms with Gasteiger partial charge in [0.2, 0.25) is 15.9 Å². The van der Waals surface area contributed by atoms with E-state index in [-0.39, 0.29) is 17.3 Å². The molecule has 1 heterocycles. The van der Waals surface area contributed by atoms with Gasteiger partial charge in [0.15, 0.2) is 0 Å². The Hall–Kier alpha value is -2.42. The van der Waals surface area contributed by atoms with E-state index in [1.54, 1.807) is 24.3 Å². The first-order chi connectivity index (χ1) is 13.5. The number of benzene rings is 2. The SMILES string of the molecule is CCc1cccc(NC(=O)CNc2ccc(S(=O)(=O)N3CCOCC3)cc2)c1. The molecule has 1 fully saturated rings. The Morgan fingerprint density at radius 1 is 1.07 bits per heavy atom. The van der Waals surface area contributed by atoms with Gasteiger partial charge in [-0.15, -0.1) is 0 Å². The van der Waals surface area contributed by atoms with Gasteiger partial charge in [0, 0.05) is 24.5 Å². The van der Waals surface area contributed by atoms with Crippen molar-refractivity contribution in [3.63, 3.8) is 0 Å². The third kappa shape index (κ3) is 5.09. The monoisotopic (exact) mass is 403 g/mol. The van der Waals surface area contributed by atoms with Crippen LogP contribution in [-0.4, -0.2) is 51.5 Å². The number of aryl methyl sites for hydroxylation is 1. The quantitative estimate of drug-likeness (QED) is 0.741. The van der Waals surface area contributed by atoms with Crippen LogP contribution in [0.5, 0.6) is 0 Å². The van der Waals surface area contributed by atoms with Crippen LogP contribution in [0.15, 0.2) is 53.4 Å². The highest BCUT2D eigenvalue weighted by atomic mass is 32.2. The molecular weight excluding hydrogens is 378 g/mol. The van der Waals surface area contributed by atoms with E-state index in [4.69, 9.17) is 4.74 Å². The van der Waals surface area contributed by atoms with E-state index >= 15 is 0 Å². The maximum Gasteiger partial charge on any atom is 0.243 e. The first-order valence-corrected chi connectivity index (χ1v) is 10.7. The molecule has 0 saturated carbocycles. The van der Waals surface area contributed by atoms with Gasteiger partial charge in [0.05, 0.1) is 24.7 Å². The summed E-state index contributed by atoms with van der Waals surface area (Å²) in [7, 11) is -3.51. The molecule has 0 radical (unpaired) electrons. The van der Waals surface area contributed by atoms with Crippen LogP contribution in [-0.2, 0) is 26.0 Å². The first-order valence-electron chi connectivity index (χ1n) is 9.29. The van der Waals surface area contributed by atoms with Crippen molar-refractivity contribution in [2.75, 3.05) is 43.5 Å². The molecule has 0 bridgehead atoms. The summed E-state index contributed by atoms with van der Waals surface area (Å²) in [5.41, 5.74) is 2.60. The van der Waals surface area contributed by atoms with E-state index in [2.05, 4.69) is 17.6 Å². The van der Waals surface area contributed by atoms with Gasteiger partial charge in [0.25, 0.3) is 0 Å². The smallest absolute Gasteiger partial charge is 0.243 e. The van der Waals surface area contributed by atoms with Gasteiger partial charge in [-0.2, -0.15) is 4.31 Å². The van der Waals surface area contributed by atoms with Gasteiger partial charge in [0.1, 0.15) is 0 Å². The molecule has 7 nitrogen and oxygen atoms in total. The zero-order valence-corrected chi connectivity index (χ0v) is 16.7. The lowest BCUT2D eigenvalue weighted by Crippen LogP contribution is -2.40. The third-order valence-corrected chi connectivity index (χ3v) is 6.45. The number of anilines is 2. The highest BCUT2D eigenvalue weighted by molar-refractivity contribution is 7.89. The average Bonchev–Trinajstić information content (AvgIpc) is 2.73. The summed E-state index contributed by atoms with van der Waals surface area (Å²) in [5, 5.41) is 5.86. The maximum atomic E-state index is 12.6. The molecule has 0 aromatic heterocycles. The number of amides is 1. The van der Waals surface area contributed by atoms with Crippen molar-refractivity contribution in [2.24, 2.45) is 0 Å². The number of ether oxygens (including phenoxy) is 1. The minimum absolute atomic E-state index is 0.0892. The summed E-state index contributed by atoms with van der Waals surface area (Å²) >= 11 is 0. The topological polar surface area (TPSA) is 87.7 Å². The molecule has 0 spiro atoms. The lowest BCUT2D eigenvalue weighted by molar-refractivity contribution is -0.114. The summed E-state index contributed by atoms with van der Waals surface area (Å²) in [6.45, 7) is 3.70. The highest BCUT2D eigenvalue weighted by Gasteiger charge is 2.26. The van der Waals surface area contributed by atoms with Crippen LogP contribution in [0.2, 0.25) is 0 Å². The van der Waals surface area contributed by atoms with Crippen molar-refractivity contribution in [1.29, 1.82) is 0 Å². The molecular formula is C20H25N3O4S. The van der Waals surface area contributed by atoms with E-state index in [9.17, 15) is 13.2 Å². The Bertz CT molecular complexity index is 907. The van der Waals surface area contributed by atoms with Crippen molar-refractivity contribution in [3.8, 4) is 0 Å². The van der Waals surface area contributed by atoms with Crippen LogP contribution in [0, 0.1) is 0 Å². The molecule has 1 aliphatic heterocycles. The predicted molar refractivity (Wildman–Crippen MR) is 109 cm³/mol. The Kier molecular flexibility index (Phi) is 6.66. The van der Waals surface area contributed by atoms with Crippen molar-refractivity contribution >= 4 is 27.3 Å². The molecule has 28 heavy (non-hydrogen) atoms. The lowest BCUT2D eigenvalue weighted by atomic mass is 10.1. The third-order valence-electron chi connectivity index (χ3n) is 4.53. The molecule has 1 aliphatic rings. The summed E-state index contributed by atoms with van der Waals surface area (Å²) in [5.74, 6) is -0.168. The second-order valence-electron chi connectivity index (χ2n) is 6.50. The summed E-state index contributed by atoms with van der Waals surface area (Å²) in [6, 6.07) is 14.2. The number of nitrogens with zero attached hydrogens (tertiary/aromatic N) is 1. The minimum Gasteiger partial charge on any atom is -0.379 e. The number of carbonyl (C=O) groups is 1. The molecule has 2 aromatic carbocycles. The Balaban J connectivity index is 1.56. The van der Waals surface area contributed by atoms with Gasteiger partial charge in [-0.3, -0.25) is 4.79 Å². The highest BCUT2D eigenvalue weighted by Crippen LogP contribution is 2.19. The fraction of sp³-hybridized carbons (Fsp3) is 0.350. The summed E-state index contributed by atoms with van der Waals surface area (Å²) in [4.78, 5) is 12.4. The standard InChI is InChI=1S/C20H25N3O4S/c1-2-16-4-3-5-18(14-16)22-20(24)15-21-17-6-8-19(9-7-17)28(25,26)23-10-12-27-13-11-23/h3-9,14,21H,2,10-13,15H2,1H3,(H,22,24). The molecule has 1 amide bonds.